The molecule has 2 saturated heterocycles. The van der Waals surface area contributed by atoms with Crippen LogP contribution < -0.4 is 26.2 Å². The highest BCUT2D eigenvalue weighted by Crippen LogP contribution is 2.28. The molecule has 0 unspecified atom stereocenters. The first-order valence-electron chi connectivity index (χ1n) is 13.8. The number of hydrogen-bond donors (Lipinski definition) is 3. The van der Waals surface area contributed by atoms with Gasteiger partial charge in [0.25, 0.3) is 0 Å². The van der Waals surface area contributed by atoms with Crippen LogP contribution >= 0.6 is 11.6 Å². The Morgan fingerprint density at radius 2 is 1.85 bits per heavy atom. The Hall–Kier alpha value is -3.41. The quantitative estimate of drug-likeness (QED) is 0.320. The number of benzene rings is 1. The second kappa shape index (κ2) is 11.0. The summed E-state index contributed by atoms with van der Waals surface area (Å²) >= 11 is 6.76. The molecule has 0 bridgehead atoms. The van der Waals surface area contributed by atoms with Crippen molar-refractivity contribution in [2.45, 2.75) is 45.2 Å². The van der Waals surface area contributed by atoms with Crippen LogP contribution in [0.2, 0.25) is 5.02 Å². The number of nitrogens with two attached hydrogens (primary N) is 1. The first-order valence-corrected chi connectivity index (χ1v) is 14.1. The van der Waals surface area contributed by atoms with Crippen LogP contribution in [0.4, 0.5) is 17.6 Å². The third kappa shape index (κ3) is 5.26. The first-order chi connectivity index (χ1) is 19.0. The number of piperazine rings is 1. The van der Waals surface area contributed by atoms with Gasteiger partial charge in [0.2, 0.25) is 11.9 Å². The molecule has 5 heterocycles. The fourth-order valence-electron chi connectivity index (χ4n) is 5.28. The Labute approximate surface area is 233 Å². The number of nitrogens with zero attached hydrogens (tertiary/aromatic N) is 8. The molecular weight excluding hydrogens is 514 g/mol. The van der Waals surface area contributed by atoms with Gasteiger partial charge in [0.15, 0.2) is 5.65 Å². The van der Waals surface area contributed by atoms with Crippen molar-refractivity contribution in [2.24, 2.45) is 5.73 Å². The summed E-state index contributed by atoms with van der Waals surface area (Å²) in [6, 6.07) is 6.14. The molecule has 1 aromatic carbocycles. The van der Waals surface area contributed by atoms with Crippen molar-refractivity contribution in [2.75, 3.05) is 54.4 Å². The normalized spacial score (nSPS) is 16.9. The second-order valence-corrected chi connectivity index (χ2v) is 11.0. The molecule has 0 atom stereocenters. The minimum Gasteiger partial charge on any atom is -0.366 e. The number of aromatic nitrogens is 6. The maximum absolute atomic E-state index is 6.76. The van der Waals surface area contributed by atoms with Crippen LogP contribution in [-0.4, -0.2) is 74.7 Å². The highest BCUT2D eigenvalue weighted by Gasteiger charge is 2.23. The zero-order chi connectivity index (χ0) is 26.9. The van der Waals surface area contributed by atoms with Gasteiger partial charge in [-0.15, -0.1) is 0 Å². The summed E-state index contributed by atoms with van der Waals surface area (Å²) in [5.74, 6) is 1.61. The Morgan fingerprint density at radius 3 is 2.62 bits per heavy atom. The number of anilines is 3. The molecular formula is C27H36ClN11. The maximum Gasteiger partial charge on any atom is 0.230 e. The van der Waals surface area contributed by atoms with Gasteiger partial charge in [0.1, 0.15) is 0 Å². The van der Waals surface area contributed by atoms with E-state index in [0.29, 0.717) is 23.5 Å². The van der Waals surface area contributed by atoms with Gasteiger partial charge >= 0.3 is 0 Å². The highest BCUT2D eigenvalue weighted by molar-refractivity contribution is 6.31. The predicted octanol–water partition coefficient (Wildman–Crippen LogP) is 3.04. The van der Waals surface area contributed by atoms with E-state index < -0.39 is 0 Å². The molecule has 4 N–H and O–H groups in total. The summed E-state index contributed by atoms with van der Waals surface area (Å²) in [4.78, 5) is 14.4. The van der Waals surface area contributed by atoms with Crippen LogP contribution in [0.1, 0.15) is 43.7 Å². The largest absolute Gasteiger partial charge is 0.366 e. The van der Waals surface area contributed by atoms with E-state index in [-0.39, 0.29) is 12.0 Å². The monoisotopic (exact) mass is 549 g/mol. The Kier molecular flexibility index (Phi) is 7.28. The van der Waals surface area contributed by atoms with Crippen molar-refractivity contribution in [3.63, 3.8) is 0 Å². The number of hydrogen-bond acceptors (Lipinski definition) is 9. The minimum atomic E-state index is 0.233. The Morgan fingerprint density at radius 1 is 1.05 bits per heavy atom. The zero-order valence-electron chi connectivity index (χ0n) is 22.5. The second-order valence-electron chi connectivity index (χ2n) is 10.6. The van der Waals surface area contributed by atoms with Crippen LogP contribution in [0.15, 0.2) is 36.8 Å². The molecule has 11 nitrogen and oxygen atoms in total. The molecule has 4 aromatic rings. The maximum atomic E-state index is 6.76. The molecule has 2 fully saturated rings. The van der Waals surface area contributed by atoms with Crippen molar-refractivity contribution in [3.05, 3.63) is 52.9 Å². The molecule has 0 amide bonds. The van der Waals surface area contributed by atoms with Gasteiger partial charge in [-0.1, -0.05) is 31.5 Å². The molecule has 0 aliphatic carbocycles. The van der Waals surface area contributed by atoms with Gasteiger partial charge in [-0.25, -0.2) is 4.68 Å². The summed E-state index contributed by atoms with van der Waals surface area (Å²) in [6.07, 6.45) is 7.74. The van der Waals surface area contributed by atoms with Gasteiger partial charge in [0, 0.05) is 68.0 Å². The fourth-order valence-corrected chi connectivity index (χ4v) is 5.52. The molecule has 39 heavy (non-hydrogen) atoms. The summed E-state index contributed by atoms with van der Waals surface area (Å²) in [7, 11) is 0. The van der Waals surface area contributed by atoms with E-state index in [1.807, 2.05) is 35.3 Å². The highest BCUT2D eigenvalue weighted by atomic mass is 35.5. The average molecular weight is 550 g/mol. The standard InChI is InChI=1S/C27H36ClN11/c1-18(2)21-16-33-39-25(21)34-27(37-10-6-19(29)7-11-37)35-26(39)31-15-22-23(28)4-3-5-24(22)38-17-20(14-32-38)36-12-8-30-9-13-36/h3-5,14,16-19,30H,6-13,15,29H2,1-2H3,(H,31,34,35). The van der Waals surface area contributed by atoms with Gasteiger partial charge in [-0.05, 0) is 30.9 Å². The van der Waals surface area contributed by atoms with E-state index in [1.165, 1.54) is 0 Å². The van der Waals surface area contributed by atoms with Crippen LogP contribution in [-0.2, 0) is 6.54 Å². The molecule has 0 saturated carbocycles. The van der Waals surface area contributed by atoms with E-state index in [4.69, 9.17) is 27.3 Å². The Balaban J connectivity index is 1.31. The van der Waals surface area contributed by atoms with Crippen molar-refractivity contribution in [3.8, 4) is 5.69 Å². The molecule has 0 radical (unpaired) electrons. The molecule has 12 heteroatoms. The van der Waals surface area contributed by atoms with Gasteiger partial charge in [0.05, 0.1) is 30.0 Å². The van der Waals surface area contributed by atoms with Gasteiger partial charge < -0.3 is 26.2 Å². The lowest BCUT2D eigenvalue weighted by atomic mass is 10.1. The van der Waals surface area contributed by atoms with Crippen molar-refractivity contribution >= 4 is 34.8 Å². The molecule has 6 rings (SSSR count). The summed E-state index contributed by atoms with van der Waals surface area (Å²) < 4.78 is 3.70. The molecule has 3 aromatic heterocycles. The molecule has 2 aliphatic heterocycles. The van der Waals surface area contributed by atoms with Crippen molar-refractivity contribution in [1.29, 1.82) is 0 Å². The summed E-state index contributed by atoms with van der Waals surface area (Å²) in [5.41, 5.74) is 11.0. The summed E-state index contributed by atoms with van der Waals surface area (Å²) in [5, 5.41) is 16.9. The van der Waals surface area contributed by atoms with E-state index in [9.17, 15) is 0 Å². The minimum absolute atomic E-state index is 0.233. The molecule has 2 aliphatic rings. The first kappa shape index (κ1) is 25.8. The SMILES string of the molecule is CC(C)c1cnn2c(NCc3c(Cl)cccc3-n3cc(N4CCNCC4)cn3)nc(N3CCC(N)CC3)nc12. The van der Waals surface area contributed by atoms with Crippen LogP contribution in [0.25, 0.3) is 11.3 Å². The topological polar surface area (TPSA) is 117 Å². The smallest absolute Gasteiger partial charge is 0.230 e. The van der Waals surface area contributed by atoms with E-state index in [2.05, 4.69) is 50.7 Å². The number of rotatable bonds is 7. The van der Waals surface area contributed by atoms with E-state index in [1.54, 1.807) is 4.52 Å². The Bertz CT molecular complexity index is 1430. The van der Waals surface area contributed by atoms with Crippen molar-refractivity contribution in [1.82, 2.24) is 34.7 Å². The third-order valence-electron chi connectivity index (χ3n) is 7.64. The van der Waals surface area contributed by atoms with E-state index in [0.717, 1.165) is 80.3 Å². The third-order valence-corrected chi connectivity index (χ3v) is 8.00. The van der Waals surface area contributed by atoms with Gasteiger partial charge in [-0.2, -0.15) is 24.7 Å². The fraction of sp³-hybridized carbons (Fsp3) is 0.481. The van der Waals surface area contributed by atoms with Crippen molar-refractivity contribution < 1.29 is 0 Å². The lowest BCUT2D eigenvalue weighted by molar-refractivity contribution is 0.495. The van der Waals surface area contributed by atoms with Crippen LogP contribution in [0, 0.1) is 0 Å². The lowest BCUT2D eigenvalue weighted by Gasteiger charge is -2.30. The molecule has 206 valence electrons. The lowest BCUT2D eigenvalue weighted by Crippen LogP contribution is -2.43. The number of nitrogens with one attached hydrogen (secondary N) is 2. The van der Waals surface area contributed by atoms with E-state index >= 15 is 0 Å². The average Bonchev–Trinajstić information content (AvgIpc) is 3.61. The predicted molar refractivity (Wildman–Crippen MR) is 155 cm³/mol. The summed E-state index contributed by atoms with van der Waals surface area (Å²) in [6.45, 7) is 10.3. The number of halogens is 1. The van der Waals surface area contributed by atoms with Gasteiger partial charge in [-0.3, -0.25) is 0 Å². The number of piperidine rings is 1. The zero-order valence-corrected chi connectivity index (χ0v) is 23.3. The van der Waals surface area contributed by atoms with Crippen LogP contribution in [0.5, 0.6) is 0 Å². The molecule has 0 spiro atoms. The van der Waals surface area contributed by atoms with Crippen LogP contribution in [0.3, 0.4) is 0 Å². The number of fused-ring (bicyclic) bond motifs is 1.